The van der Waals surface area contributed by atoms with Crippen LogP contribution in [0, 0.1) is 0 Å². The lowest BCUT2D eigenvalue weighted by Gasteiger charge is -2.37. The third-order valence-corrected chi connectivity index (χ3v) is 8.24. The first-order chi connectivity index (χ1) is 18.8. The summed E-state index contributed by atoms with van der Waals surface area (Å²) in [5.74, 6) is 1.12. The number of para-hydroxylation sites is 1. The summed E-state index contributed by atoms with van der Waals surface area (Å²) < 4.78 is 39.7. The van der Waals surface area contributed by atoms with E-state index in [1.807, 2.05) is 51.6 Å². The van der Waals surface area contributed by atoms with Crippen molar-refractivity contribution in [2.45, 2.75) is 24.9 Å². The highest BCUT2D eigenvalue weighted by Gasteiger charge is 2.34. The van der Waals surface area contributed by atoms with Crippen LogP contribution in [0.15, 0.2) is 72.1 Å². The van der Waals surface area contributed by atoms with E-state index in [9.17, 15) is 18.0 Å². The Bertz CT molecular complexity index is 1470. The van der Waals surface area contributed by atoms with Gasteiger partial charge in [-0.2, -0.15) is 18.2 Å². The molecule has 200 valence electrons. The molecular formula is C29H26F3N5OS. The maximum absolute atomic E-state index is 13.4. The molecule has 0 spiro atoms. The Morgan fingerprint density at radius 1 is 0.872 bits per heavy atom. The number of halogens is 3. The number of Topliss-reactive ketones (excluding diaryl/α,β-unsaturated/α-hetero) is 1. The first kappa shape index (κ1) is 25.4. The highest BCUT2D eigenvalue weighted by Crippen LogP contribution is 2.38. The van der Waals surface area contributed by atoms with E-state index in [0.717, 1.165) is 17.4 Å². The molecule has 2 aromatic carbocycles. The molecular weight excluding hydrogens is 523 g/mol. The molecule has 10 heteroatoms. The maximum atomic E-state index is 13.4. The number of piperazine rings is 1. The summed E-state index contributed by atoms with van der Waals surface area (Å²) in [4.78, 5) is 28.2. The number of ketones is 1. The molecule has 1 fully saturated rings. The second-order valence-electron chi connectivity index (χ2n) is 9.75. The normalized spacial score (nSPS) is 17.7. The first-order valence-corrected chi connectivity index (χ1v) is 13.7. The van der Waals surface area contributed by atoms with Crippen LogP contribution in [0.3, 0.4) is 0 Å². The van der Waals surface area contributed by atoms with Crippen LogP contribution in [0.1, 0.15) is 38.8 Å². The summed E-state index contributed by atoms with van der Waals surface area (Å²) in [5.41, 5.74) is 1.99. The molecule has 1 saturated heterocycles. The second kappa shape index (κ2) is 10.3. The summed E-state index contributed by atoms with van der Waals surface area (Å²) >= 11 is 1.65. The number of hydrogen-bond donors (Lipinski definition) is 1. The van der Waals surface area contributed by atoms with Gasteiger partial charge in [-0.1, -0.05) is 30.3 Å². The first-order valence-electron chi connectivity index (χ1n) is 12.8. The summed E-state index contributed by atoms with van der Waals surface area (Å²) in [6.45, 7) is 2.14. The lowest BCUT2D eigenvalue weighted by Crippen LogP contribution is -2.47. The number of thiophene rings is 1. The van der Waals surface area contributed by atoms with Gasteiger partial charge in [-0.05, 0) is 48.2 Å². The van der Waals surface area contributed by atoms with E-state index >= 15 is 0 Å². The monoisotopic (exact) mass is 549 g/mol. The Labute approximate surface area is 228 Å². The van der Waals surface area contributed by atoms with Crippen molar-refractivity contribution >= 4 is 40.3 Å². The molecule has 1 unspecified atom stereocenters. The van der Waals surface area contributed by atoms with E-state index in [-0.39, 0.29) is 11.7 Å². The molecule has 1 atom stereocenters. The standard InChI is InChI=1S/C29H26F3N5OS/c30-29(31,32)20-6-4-9-22(18-20)36-11-13-37(14-12-36)28-34-23-16-19(25-10-5-15-39-25)17-24(38)26(23)27(35-28)33-21-7-2-1-3-8-21/h1-10,15,18-19H,11-14,16-17H2,(H,33,34,35). The van der Waals surface area contributed by atoms with Gasteiger partial charge in [0, 0.05) is 54.8 Å². The zero-order chi connectivity index (χ0) is 27.0. The quantitative estimate of drug-likeness (QED) is 0.305. The zero-order valence-electron chi connectivity index (χ0n) is 21.0. The predicted molar refractivity (Wildman–Crippen MR) is 147 cm³/mol. The van der Waals surface area contributed by atoms with Gasteiger partial charge in [-0.15, -0.1) is 11.3 Å². The second-order valence-corrected chi connectivity index (χ2v) is 10.7. The lowest BCUT2D eigenvalue weighted by molar-refractivity contribution is -0.137. The Hall–Kier alpha value is -3.92. The van der Waals surface area contributed by atoms with Gasteiger partial charge in [-0.25, -0.2) is 4.98 Å². The van der Waals surface area contributed by atoms with Crippen molar-refractivity contribution in [1.82, 2.24) is 9.97 Å². The predicted octanol–water partition coefficient (Wildman–Crippen LogP) is 6.54. The minimum atomic E-state index is -4.38. The van der Waals surface area contributed by atoms with Gasteiger partial charge in [-0.3, -0.25) is 4.79 Å². The number of anilines is 4. The molecule has 0 saturated carbocycles. The molecule has 1 N–H and O–H groups in total. The molecule has 2 aliphatic rings. The Balaban J connectivity index is 1.28. The van der Waals surface area contributed by atoms with Crippen molar-refractivity contribution in [3.05, 3.63) is 93.8 Å². The van der Waals surface area contributed by atoms with Crippen LogP contribution in [-0.4, -0.2) is 41.9 Å². The van der Waals surface area contributed by atoms with Crippen LogP contribution in [0.4, 0.5) is 36.3 Å². The van der Waals surface area contributed by atoms with E-state index in [2.05, 4.69) is 11.4 Å². The minimum absolute atomic E-state index is 0.0222. The van der Waals surface area contributed by atoms with E-state index < -0.39 is 11.7 Å². The molecule has 6 rings (SSSR count). The number of carbonyl (C=O) groups is 1. The number of hydrogen-bond acceptors (Lipinski definition) is 7. The van der Waals surface area contributed by atoms with Crippen LogP contribution < -0.4 is 15.1 Å². The summed E-state index contributed by atoms with van der Waals surface area (Å²) in [6.07, 6.45) is -3.32. The zero-order valence-corrected chi connectivity index (χ0v) is 21.8. The average molecular weight is 550 g/mol. The molecule has 4 aromatic rings. The summed E-state index contributed by atoms with van der Waals surface area (Å²) in [6, 6.07) is 19.1. The molecule has 1 aliphatic carbocycles. The molecule has 39 heavy (non-hydrogen) atoms. The van der Waals surface area contributed by atoms with Crippen molar-refractivity contribution < 1.29 is 18.0 Å². The Morgan fingerprint density at radius 3 is 2.36 bits per heavy atom. The van der Waals surface area contributed by atoms with Crippen molar-refractivity contribution in [3.8, 4) is 0 Å². The van der Waals surface area contributed by atoms with Gasteiger partial charge >= 0.3 is 6.18 Å². The molecule has 0 amide bonds. The van der Waals surface area contributed by atoms with E-state index in [1.54, 1.807) is 17.4 Å². The van der Waals surface area contributed by atoms with Crippen molar-refractivity contribution in [2.24, 2.45) is 0 Å². The van der Waals surface area contributed by atoms with Crippen LogP contribution >= 0.6 is 11.3 Å². The third-order valence-electron chi connectivity index (χ3n) is 7.21. The fraction of sp³-hybridized carbons (Fsp3) is 0.276. The summed E-state index contributed by atoms with van der Waals surface area (Å²) in [5, 5.41) is 5.35. The lowest BCUT2D eigenvalue weighted by atomic mass is 9.85. The van der Waals surface area contributed by atoms with Crippen molar-refractivity contribution in [3.63, 3.8) is 0 Å². The third kappa shape index (κ3) is 5.34. The Kier molecular flexibility index (Phi) is 6.72. The molecule has 1 aliphatic heterocycles. The van der Waals surface area contributed by atoms with Crippen LogP contribution in [0.5, 0.6) is 0 Å². The largest absolute Gasteiger partial charge is 0.416 e. The van der Waals surface area contributed by atoms with Gasteiger partial charge in [0.15, 0.2) is 5.78 Å². The molecule has 6 nitrogen and oxygen atoms in total. The van der Waals surface area contributed by atoms with E-state index in [0.29, 0.717) is 62.0 Å². The number of nitrogens with zero attached hydrogens (tertiary/aromatic N) is 4. The highest BCUT2D eigenvalue weighted by atomic mass is 32.1. The molecule has 0 radical (unpaired) electrons. The number of benzene rings is 2. The highest BCUT2D eigenvalue weighted by molar-refractivity contribution is 7.10. The maximum Gasteiger partial charge on any atom is 0.416 e. The fourth-order valence-corrected chi connectivity index (χ4v) is 6.06. The topological polar surface area (TPSA) is 61.4 Å². The van der Waals surface area contributed by atoms with Crippen LogP contribution in [0.2, 0.25) is 0 Å². The van der Waals surface area contributed by atoms with Gasteiger partial charge in [0.25, 0.3) is 0 Å². The van der Waals surface area contributed by atoms with E-state index in [1.165, 1.54) is 17.0 Å². The fourth-order valence-electron chi connectivity index (χ4n) is 5.22. The van der Waals surface area contributed by atoms with Gasteiger partial charge < -0.3 is 15.1 Å². The Morgan fingerprint density at radius 2 is 1.64 bits per heavy atom. The minimum Gasteiger partial charge on any atom is -0.368 e. The number of nitrogens with one attached hydrogen (secondary N) is 1. The van der Waals surface area contributed by atoms with Gasteiger partial charge in [0.2, 0.25) is 5.95 Å². The molecule has 2 aromatic heterocycles. The number of alkyl halides is 3. The average Bonchev–Trinajstić information content (AvgIpc) is 3.48. The molecule has 3 heterocycles. The van der Waals surface area contributed by atoms with Crippen molar-refractivity contribution in [2.75, 3.05) is 41.3 Å². The number of fused-ring (bicyclic) bond motifs is 1. The van der Waals surface area contributed by atoms with Crippen molar-refractivity contribution in [1.29, 1.82) is 0 Å². The smallest absolute Gasteiger partial charge is 0.368 e. The van der Waals surface area contributed by atoms with Crippen LogP contribution in [0.25, 0.3) is 0 Å². The van der Waals surface area contributed by atoms with Gasteiger partial charge in [0.1, 0.15) is 5.82 Å². The molecule has 0 bridgehead atoms. The number of aromatic nitrogens is 2. The van der Waals surface area contributed by atoms with E-state index in [4.69, 9.17) is 9.97 Å². The van der Waals surface area contributed by atoms with Gasteiger partial charge in [0.05, 0.1) is 16.8 Å². The number of rotatable bonds is 5. The SMILES string of the molecule is O=C1CC(c2cccs2)Cc2nc(N3CCN(c4cccc(C(F)(F)F)c4)CC3)nc(Nc3ccccc3)c21. The van der Waals surface area contributed by atoms with Crippen LogP contribution in [-0.2, 0) is 12.6 Å². The number of carbonyl (C=O) groups excluding carboxylic acids is 1. The summed E-state index contributed by atoms with van der Waals surface area (Å²) in [7, 11) is 0.